The van der Waals surface area contributed by atoms with E-state index in [-0.39, 0.29) is 88.7 Å². The Morgan fingerprint density at radius 2 is 0.957 bits per heavy atom. The number of hydrogen-bond donors (Lipinski definition) is 0. The fourth-order valence-electron chi connectivity index (χ4n) is 0.970. The van der Waals surface area contributed by atoms with Crippen molar-refractivity contribution in [3.05, 3.63) is 0 Å². The van der Waals surface area contributed by atoms with Crippen molar-refractivity contribution in [2.75, 3.05) is 13.2 Å². The molecule has 0 atom stereocenters. The predicted molar refractivity (Wildman–Crippen MR) is 55.1 cm³/mol. The quantitative estimate of drug-likeness (QED) is 0.182. The van der Waals surface area contributed by atoms with Gasteiger partial charge in [0.25, 0.3) is 0 Å². The van der Waals surface area contributed by atoms with Crippen molar-refractivity contribution in [3.8, 4) is 0 Å². The molecule has 0 amide bonds. The van der Waals surface area contributed by atoms with Gasteiger partial charge in [-0.3, -0.25) is 12.5 Å². The Kier molecular flexibility index (Phi) is 21.1. The molecule has 0 spiro atoms. The molecule has 0 aromatic heterocycles. The topological polar surface area (TPSA) is 199 Å². The standard InChI is InChI=1S/C5H12O12S3.3Na/c6-18(7,8)15-3-1-5(17-20(12,13)14)2-4-16-19(9,10)11;;;/h5H,1-4H2,(H,6,7,8)(H,9,10,11)(H,12,13,14);;;/q;3*+1/p-3. The van der Waals surface area contributed by atoms with Crippen molar-refractivity contribution in [3.63, 3.8) is 0 Å². The summed E-state index contributed by atoms with van der Waals surface area (Å²) in [6, 6.07) is 0. The maximum absolute atomic E-state index is 10.3. The van der Waals surface area contributed by atoms with E-state index in [9.17, 15) is 38.9 Å². The summed E-state index contributed by atoms with van der Waals surface area (Å²) >= 11 is 0. The second-order valence-electron chi connectivity index (χ2n) is 3.16. The Balaban J connectivity index is -0.000000602. The van der Waals surface area contributed by atoms with E-state index in [0.29, 0.717) is 0 Å². The number of hydrogen-bond acceptors (Lipinski definition) is 12. The third-order valence-electron chi connectivity index (χ3n) is 1.59. The molecule has 0 saturated heterocycles. The van der Waals surface area contributed by atoms with Gasteiger partial charge in [0.2, 0.25) is 31.2 Å². The van der Waals surface area contributed by atoms with Crippen LogP contribution in [0.5, 0.6) is 0 Å². The van der Waals surface area contributed by atoms with E-state index in [1.807, 2.05) is 0 Å². The summed E-state index contributed by atoms with van der Waals surface area (Å²) in [6.07, 6.45) is -2.63. The monoisotopic (exact) mass is 426 g/mol. The van der Waals surface area contributed by atoms with Crippen LogP contribution < -0.4 is 88.7 Å². The third kappa shape index (κ3) is 26.9. The van der Waals surface area contributed by atoms with Crippen LogP contribution in [0.2, 0.25) is 0 Å². The first-order valence-corrected chi connectivity index (χ1v) is 8.63. The Hall–Kier alpha value is 2.61. The van der Waals surface area contributed by atoms with Crippen molar-refractivity contribution in [2.24, 2.45) is 0 Å². The molecule has 0 N–H and O–H groups in total. The van der Waals surface area contributed by atoms with Crippen LogP contribution in [0.25, 0.3) is 0 Å². The van der Waals surface area contributed by atoms with Gasteiger partial charge in [-0.25, -0.2) is 25.3 Å². The Labute approximate surface area is 200 Å². The normalized spacial score (nSPS) is 12.0. The summed E-state index contributed by atoms with van der Waals surface area (Å²) in [5, 5.41) is 0. The Bertz CT molecular complexity index is 560. The van der Waals surface area contributed by atoms with Gasteiger partial charge < -0.3 is 13.7 Å². The summed E-state index contributed by atoms with van der Waals surface area (Å²) in [5.41, 5.74) is 0. The molecule has 0 aliphatic carbocycles. The van der Waals surface area contributed by atoms with Crippen LogP contribution in [0.1, 0.15) is 12.8 Å². The molecule has 0 bridgehead atoms. The molecular formula is C5H9Na3O12S3. The molecule has 0 saturated carbocycles. The predicted octanol–water partition coefficient (Wildman–Crippen LogP) is -11.4. The fourth-order valence-corrected chi connectivity index (χ4v) is 2.10. The zero-order chi connectivity index (χ0) is 16.0. The molecule has 0 aromatic rings. The van der Waals surface area contributed by atoms with Crippen LogP contribution in [0.15, 0.2) is 0 Å². The van der Waals surface area contributed by atoms with Gasteiger partial charge in [0, 0.05) is 0 Å². The summed E-state index contributed by atoms with van der Waals surface area (Å²) < 4.78 is 103. The molecular weight excluding hydrogens is 417 g/mol. The van der Waals surface area contributed by atoms with Crippen LogP contribution in [0.3, 0.4) is 0 Å². The summed E-state index contributed by atoms with van der Waals surface area (Å²) in [6.45, 7) is -1.62. The Morgan fingerprint density at radius 1 is 0.652 bits per heavy atom. The van der Waals surface area contributed by atoms with Crippen molar-refractivity contribution < 1.29 is 140 Å². The van der Waals surface area contributed by atoms with E-state index >= 15 is 0 Å². The molecule has 23 heavy (non-hydrogen) atoms. The van der Waals surface area contributed by atoms with Crippen molar-refractivity contribution in [1.82, 2.24) is 0 Å². The van der Waals surface area contributed by atoms with Gasteiger partial charge in [-0.15, -0.1) is 0 Å². The minimum Gasteiger partial charge on any atom is -0.726 e. The third-order valence-corrected chi connectivity index (χ3v) is 3.01. The second kappa shape index (κ2) is 14.6. The van der Waals surface area contributed by atoms with Crippen molar-refractivity contribution in [2.45, 2.75) is 18.9 Å². The Morgan fingerprint density at radius 3 is 1.17 bits per heavy atom. The summed E-state index contributed by atoms with van der Waals surface area (Å²) in [5.74, 6) is 0. The molecule has 12 nitrogen and oxygen atoms in total. The van der Waals surface area contributed by atoms with Crippen molar-refractivity contribution >= 4 is 31.2 Å². The van der Waals surface area contributed by atoms with Gasteiger partial charge >= 0.3 is 88.7 Å². The van der Waals surface area contributed by atoms with E-state index in [4.69, 9.17) is 0 Å². The van der Waals surface area contributed by atoms with Crippen molar-refractivity contribution in [1.29, 1.82) is 0 Å². The van der Waals surface area contributed by atoms with Gasteiger partial charge in [-0.1, -0.05) is 0 Å². The molecule has 0 rings (SSSR count). The first-order chi connectivity index (χ1) is 8.79. The second-order valence-corrected chi connectivity index (χ2v) is 6.28. The molecule has 0 unspecified atom stereocenters. The zero-order valence-electron chi connectivity index (χ0n) is 12.5. The van der Waals surface area contributed by atoms with Gasteiger partial charge in [0.15, 0.2) is 0 Å². The smallest absolute Gasteiger partial charge is 0.726 e. The number of rotatable bonds is 10. The van der Waals surface area contributed by atoms with Gasteiger partial charge in [-0.2, -0.15) is 0 Å². The van der Waals surface area contributed by atoms with E-state index in [1.165, 1.54) is 0 Å². The molecule has 18 heteroatoms. The maximum atomic E-state index is 10.3. The van der Waals surface area contributed by atoms with Crippen LogP contribution in [0, 0.1) is 0 Å². The summed E-state index contributed by atoms with van der Waals surface area (Å²) in [7, 11) is -15.2. The van der Waals surface area contributed by atoms with Gasteiger partial charge in [0.05, 0.1) is 19.3 Å². The average molecular weight is 426 g/mol. The molecule has 122 valence electrons. The molecule has 0 fully saturated rings. The van der Waals surface area contributed by atoms with E-state index in [1.54, 1.807) is 0 Å². The fraction of sp³-hybridized carbons (Fsp3) is 1.00. The summed E-state index contributed by atoms with van der Waals surface area (Å²) in [4.78, 5) is 0. The van der Waals surface area contributed by atoms with E-state index in [0.717, 1.165) is 0 Å². The SMILES string of the molecule is O=S(=O)([O-])OCCC(CCOS(=O)(=O)[O-])OS(=O)(=O)[O-].[Na+].[Na+].[Na+]. The van der Waals surface area contributed by atoms with Gasteiger partial charge in [-0.05, 0) is 12.8 Å². The zero-order valence-corrected chi connectivity index (χ0v) is 21.0. The van der Waals surface area contributed by atoms with Gasteiger partial charge in [0.1, 0.15) is 0 Å². The first-order valence-electron chi connectivity index (χ1n) is 4.63. The molecule has 0 aromatic carbocycles. The molecule has 0 aliphatic rings. The van der Waals surface area contributed by atoms with E-state index < -0.39 is 63.4 Å². The first kappa shape index (κ1) is 33.2. The van der Waals surface area contributed by atoms with Crippen LogP contribution in [-0.4, -0.2) is 58.2 Å². The average Bonchev–Trinajstić information content (AvgIpc) is 2.10. The molecule has 0 heterocycles. The largest absolute Gasteiger partial charge is 1.00 e. The van der Waals surface area contributed by atoms with E-state index in [2.05, 4.69) is 12.5 Å². The molecule has 0 radical (unpaired) electrons. The van der Waals surface area contributed by atoms with Crippen LogP contribution >= 0.6 is 0 Å². The minimum absolute atomic E-state index is 0. The van der Waals surface area contributed by atoms with Crippen LogP contribution in [-0.2, 0) is 43.7 Å². The minimum atomic E-state index is -5.17. The maximum Gasteiger partial charge on any atom is 1.00 e. The molecule has 0 aliphatic heterocycles. The van der Waals surface area contributed by atoms with Crippen LogP contribution in [0.4, 0.5) is 0 Å².